The molecule has 0 aromatic heterocycles. The van der Waals surface area contributed by atoms with Gasteiger partial charge in [-0.25, -0.2) is 0 Å². The summed E-state index contributed by atoms with van der Waals surface area (Å²) in [4.78, 5) is 24.5. The van der Waals surface area contributed by atoms with E-state index in [-0.39, 0.29) is 18.5 Å². The van der Waals surface area contributed by atoms with Gasteiger partial charge in [0.1, 0.15) is 0 Å². The number of hydrogen-bond donors (Lipinski definition) is 3. The number of esters is 1. The van der Waals surface area contributed by atoms with E-state index in [9.17, 15) is 19.8 Å². The van der Waals surface area contributed by atoms with Crippen molar-refractivity contribution in [1.29, 1.82) is 0 Å². The largest absolute Gasteiger partial charge is 0.466 e. The normalized spacial score (nSPS) is 12.6. The Labute approximate surface area is 520 Å². The number of carbonyl (C=O) groups excluding carboxylic acids is 2. The van der Waals surface area contributed by atoms with Crippen molar-refractivity contribution in [2.24, 2.45) is 0 Å². The molecule has 0 spiro atoms. The molecule has 0 radical (unpaired) electrons. The lowest BCUT2D eigenvalue weighted by atomic mass is 10.0. The van der Waals surface area contributed by atoms with Crippen LogP contribution < -0.4 is 5.32 Å². The molecule has 0 fully saturated rings. The van der Waals surface area contributed by atoms with Crippen molar-refractivity contribution in [3.63, 3.8) is 0 Å². The van der Waals surface area contributed by atoms with E-state index in [1.54, 1.807) is 6.08 Å². The van der Waals surface area contributed by atoms with Crippen LogP contribution in [0.3, 0.4) is 0 Å². The number of unbranched alkanes of at least 4 members (excludes halogenated alkanes) is 59. The van der Waals surface area contributed by atoms with Crippen LogP contribution >= 0.6 is 0 Å². The van der Waals surface area contributed by atoms with Gasteiger partial charge in [0.2, 0.25) is 5.91 Å². The summed E-state index contributed by atoms with van der Waals surface area (Å²) in [6.07, 6.45) is 93.2. The van der Waals surface area contributed by atoms with E-state index in [1.807, 2.05) is 6.08 Å². The first-order valence-corrected chi connectivity index (χ1v) is 38.1. The molecular weight excluding hydrogens is 1020 g/mol. The SMILES string of the molecule is CCCCCCCCC/C=C\CCCCCCCCCC(=O)OCCCCCCCCCCCCCCCCCCCCCCCCCCCCCCCCCCCCCCCCCC(=O)NC(CO)C(O)/C=C/CCCCCCCCC. The van der Waals surface area contributed by atoms with Gasteiger partial charge >= 0.3 is 5.97 Å². The van der Waals surface area contributed by atoms with Gasteiger partial charge in [0, 0.05) is 12.8 Å². The molecule has 0 aliphatic heterocycles. The third kappa shape index (κ3) is 69.3. The summed E-state index contributed by atoms with van der Waals surface area (Å²) in [7, 11) is 0. The number of aliphatic hydroxyl groups excluding tert-OH is 2. The van der Waals surface area contributed by atoms with Crippen molar-refractivity contribution in [3.8, 4) is 0 Å². The first kappa shape index (κ1) is 81.3. The minimum atomic E-state index is -0.837. The van der Waals surface area contributed by atoms with Gasteiger partial charge in [-0.05, 0) is 57.8 Å². The highest BCUT2D eigenvalue weighted by Gasteiger charge is 2.18. The molecule has 2 atom stereocenters. The molecule has 0 aromatic carbocycles. The second kappa shape index (κ2) is 72.8. The highest BCUT2D eigenvalue weighted by Crippen LogP contribution is 2.20. The molecule has 6 nitrogen and oxygen atoms in total. The molecule has 0 saturated carbocycles. The monoisotopic (exact) mass is 1170 g/mol. The van der Waals surface area contributed by atoms with E-state index in [2.05, 4.69) is 31.3 Å². The van der Waals surface area contributed by atoms with Crippen LogP contribution in [0.25, 0.3) is 0 Å². The molecule has 0 bridgehead atoms. The first-order valence-electron chi connectivity index (χ1n) is 38.1. The van der Waals surface area contributed by atoms with Crippen molar-refractivity contribution in [3.05, 3.63) is 24.3 Å². The van der Waals surface area contributed by atoms with Gasteiger partial charge in [-0.1, -0.05) is 385 Å². The Kier molecular flexibility index (Phi) is 71.4. The zero-order chi connectivity index (χ0) is 59.9. The van der Waals surface area contributed by atoms with Crippen molar-refractivity contribution in [2.75, 3.05) is 13.2 Å². The molecule has 1 amide bonds. The number of nitrogens with one attached hydrogen (secondary N) is 1. The van der Waals surface area contributed by atoms with Gasteiger partial charge in [0.05, 0.1) is 25.4 Å². The Balaban J connectivity index is 3.26. The minimum absolute atomic E-state index is 0.0217. The van der Waals surface area contributed by atoms with Gasteiger partial charge in [-0.3, -0.25) is 9.59 Å². The first-order chi connectivity index (χ1) is 41.0. The summed E-state index contributed by atoms with van der Waals surface area (Å²) >= 11 is 0. The smallest absolute Gasteiger partial charge is 0.305 e. The van der Waals surface area contributed by atoms with E-state index in [4.69, 9.17) is 4.74 Å². The predicted molar refractivity (Wildman–Crippen MR) is 366 cm³/mol. The van der Waals surface area contributed by atoms with E-state index in [0.717, 1.165) is 38.5 Å². The van der Waals surface area contributed by atoms with Crippen LogP contribution in [0, 0.1) is 0 Å². The summed E-state index contributed by atoms with van der Waals surface area (Å²) in [6, 6.07) is -0.620. The van der Waals surface area contributed by atoms with Crippen LogP contribution in [0.1, 0.15) is 431 Å². The fraction of sp³-hybridized carbons (Fsp3) is 0.922. The highest BCUT2D eigenvalue weighted by molar-refractivity contribution is 5.76. The van der Waals surface area contributed by atoms with Crippen molar-refractivity contribution in [2.45, 2.75) is 443 Å². The van der Waals surface area contributed by atoms with Crippen molar-refractivity contribution in [1.82, 2.24) is 5.32 Å². The van der Waals surface area contributed by atoms with Gasteiger partial charge in [0.25, 0.3) is 0 Å². The minimum Gasteiger partial charge on any atom is -0.466 e. The number of carbonyl (C=O) groups is 2. The number of rotatable bonds is 72. The number of ether oxygens (including phenoxy) is 1. The molecule has 6 heteroatoms. The summed E-state index contributed by atoms with van der Waals surface area (Å²) in [6.45, 7) is 4.91. The molecular formula is C77H149NO5. The van der Waals surface area contributed by atoms with Gasteiger partial charge in [-0.2, -0.15) is 0 Å². The van der Waals surface area contributed by atoms with Gasteiger partial charge in [0.15, 0.2) is 0 Å². The molecule has 0 aliphatic carbocycles. The fourth-order valence-corrected chi connectivity index (χ4v) is 12.2. The number of allylic oxidation sites excluding steroid dienone is 3. The summed E-state index contributed by atoms with van der Waals surface area (Å²) in [5, 5.41) is 23.0. The van der Waals surface area contributed by atoms with Crippen LogP contribution in [0.2, 0.25) is 0 Å². The molecule has 2 unspecified atom stereocenters. The second-order valence-electron chi connectivity index (χ2n) is 26.3. The van der Waals surface area contributed by atoms with Gasteiger partial charge < -0.3 is 20.3 Å². The Bertz CT molecular complexity index is 1300. The van der Waals surface area contributed by atoms with E-state index >= 15 is 0 Å². The van der Waals surface area contributed by atoms with E-state index < -0.39 is 12.1 Å². The number of amides is 1. The summed E-state index contributed by atoms with van der Waals surface area (Å²) < 4.78 is 5.51. The summed E-state index contributed by atoms with van der Waals surface area (Å²) in [5.74, 6) is -0.0411. The number of aliphatic hydroxyl groups is 2. The third-order valence-electron chi connectivity index (χ3n) is 18.0. The lowest BCUT2D eigenvalue weighted by molar-refractivity contribution is -0.143. The maximum atomic E-state index is 12.4. The lowest BCUT2D eigenvalue weighted by Gasteiger charge is -2.20. The lowest BCUT2D eigenvalue weighted by Crippen LogP contribution is -2.45. The maximum absolute atomic E-state index is 12.4. The third-order valence-corrected chi connectivity index (χ3v) is 18.0. The van der Waals surface area contributed by atoms with Crippen LogP contribution in [-0.2, 0) is 14.3 Å². The Hall–Kier alpha value is -1.66. The zero-order valence-corrected chi connectivity index (χ0v) is 56.5. The van der Waals surface area contributed by atoms with Crippen LogP contribution in [0.15, 0.2) is 24.3 Å². The Morgan fingerprint density at radius 2 is 0.566 bits per heavy atom. The molecule has 3 N–H and O–H groups in total. The molecule has 83 heavy (non-hydrogen) atoms. The van der Waals surface area contributed by atoms with Crippen molar-refractivity contribution < 1.29 is 24.5 Å². The standard InChI is InChI=1S/C77H149NO5/c1-3-5-7-9-11-13-14-15-16-17-42-45-48-51-55-59-63-67-71-77(82)83-72-68-64-60-56-52-49-46-43-40-38-36-34-32-30-28-26-24-22-20-18-19-21-23-25-27-29-31-33-35-37-39-41-44-47-50-54-58-62-66-70-76(81)78-74(73-79)75(80)69-65-61-57-53-12-10-8-6-4-2/h16-17,65,69,74-75,79-80H,3-15,18-64,66-68,70-73H2,1-2H3,(H,78,81)/b17-16-,69-65+. The molecule has 0 heterocycles. The quantitative estimate of drug-likeness (QED) is 0.0320. The molecule has 0 rings (SSSR count). The fourth-order valence-electron chi connectivity index (χ4n) is 12.2. The van der Waals surface area contributed by atoms with E-state index in [1.165, 1.54) is 366 Å². The number of hydrogen-bond acceptors (Lipinski definition) is 5. The average molecular weight is 1170 g/mol. The average Bonchev–Trinajstić information content (AvgIpc) is 3.49. The Morgan fingerprint density at radius 3 is 0.855 bits per heavy atom. The van der Waals surface area contributed by atoms with E-state index in [0.29, 0.717) is 19.4 Å². The van der Waals surface area contributed by atoms with Crippen LogP contribution in [0.4, 0.5) is 0 Å². The maximum Gasteiger partial charge on any atom is 0.305 e. The summed E-state index contributed by atoms with van der Waals surface area (Å²) in [5.41, 5.74) is 0. The van der Waals surface area contributed by atoms with Crippen LogP contribution in [0.5, 0.6) is 0 Å². The predicted octanol–water partition coefficient (Wildman–Crippen LogP) is 24.9. The van der Waals surface area contributed by atoms with Crippen molar-refractivity contribution >= 4 is 11.9 Å². The molecule has 0 saturated heterocycles. The highest BCUT2D eigenvalue weighted by atomic mass is 16.5. The van der Waals surface area contributed by atoms with Crippen LogP contribution in [-0.4, -0.2) is 47.4 Å². The Morgan fingerprint density at radius 1 is 0.325 bits per heavy atom. The topological polar surface area (TPSA) is 95.9 Å². The molecule has 0 aliphatic rings. The second-order valence-corrected chi connectivity index (χ2v) is 26.3. The van der Waals surface area contributed by atoms with Gasteiger partial charge in [-0.15, -0.1) is 0 Å². The zero-order valence-electron chi connectivity index (χ0n) is 56.5. The molecule has 492 valence electrons. The molecule has 0 aromatic rings.